The molecule has 123 valence electrons. The van der Waals surface area contributed by atoms with Crippen LogP contribution < -0.4 is 0 Å². The minimum Gasteiger partial charge on any atom is -0.289 e. The molecule has 24 heavy (non-hydrogen) atoms. The van der Waals surface area contributed by atoms with Gasteiger partial charge in [0.25, 0.3) is 20.2 Å². The topological polar surface area (TPSA) is 143 Å². The highest BCUT2D eigenvalue weighted by atomic mass is 32.2. The van der Waals surface area contributed by atoms with E-state index in [1.165, 1.54) is 0 Å². The Bertz CT molecular complexity index is 1040. The van der Waals surface area contributed by atoms with E-state index in [9.17, 15) is 26.4 Å². The largest absolute Gasteiger partial charge is 0.295 e. The van der Waals surface area contributed by atoms with Gasteiger partial charge in [-0.15, -0.1) is 0 Å². The van der Waals surface area contributed by atoms with Gasteiger partial charge in [0.2, 0.25) is 0 Å². The molecule has 1 aliphatic rings. The van der Waals surface area contributed by atoms with Crippen LogP contribution in [0.3, 0.4) is 0 Å². The lowest BCUT2D eigenvalue weighted by Gasteiger charge is -2.18. The smallest absolute Gasteiger partial charge is 0.289 e. The van der Waals surface area contributed by atoms with Crippen LogP contribution in [0.2, 0.25) is 0 Å². The van der Waals surface area contributed by atoms with Crippen molar-refractivity contribution >= 4 is 31.8 Å². The molecule has 0 aromatic heterocycles. The molecule has 8 nitrogen and oxygen atoms in total. The van der Waals surface area contributed by atoms with E-state index in [1.54, 1.807) is 0 Å². The number of carbonyl (C=O) groups is 2. The van der Waals surface area contributed by atoms with Gasteiger partial charge in [-0.05, 0) is 30.3 Å². The lowest BCUT2D eigenvalue weighted by molar-refractivity contribution is 0.0978. The van der Waals surface area contributed by atoms with Crippen molar-refractivity contribution in [2.75, 3.05) is 0 Å². The maximum absolute atomic E-state index is 12.4. The summed E-state index contributed by atoms with van der Waals surface area (Å²) in [5.41, 5.74) is -0.936. The summed E-state index contributed by atoms with van der Waals surface area (Å²) in [5.74, 6) is -1.49. The van der Waals surface area contributed by atoms with Crippen molar-refractivity contribution in [2.24, 2.45) is 0 Å². The molecule has 2 aromatic carbocycles. The number of carbonyl (C=O) groups excluding carboxylic acids is 2. The summed E-state index contributed by atoms with van der Waals surface area (Å²) in [6.07, 6.45) is 0. The summed E-state index contributed by atoms with van der Waals surface area (Å²) < 4.78 is 62.7. The van der Waals surface area contributed by atoms with Gasteiger partial charge in [0.1, 0.15) is 4.90 Å². The van der Waals surface area contributed by atoms with Crippen molar-refractivity contribution in [3.05, 3.63) is 58.7 Å². The minimum atomic E-state index is -4.61. The monoisotopic (exact) mass is 367 g/mol. The first-order chi connectivity index (χ1) is 11.0. The lowest BCUT2D eigenvalue weighted by atomic mass is 9.84. The Balaban J connectivity index is 2.26. The average molecular weight is 367 g/mol. The molecule has 0 fully saturated rings. The van der Waals surface area contributed by atoms with E-state index in [0.717, 1.165) is 30.3 Å². The number of ketones is 2. The van der Waals surface area contributed by atoms with Crippen molar-refractivity contribution in [1.29, 1.82) is 0 Å². The van der Waals surface area contributed by atoms with Crippen LogP contribution in [0, 0.1) is 6.07 Å². The second kappa shape index (κ2) is 5.05. The fraction of sp³-hybridized carbons (Fsp3) is 0. The summed E-state index contributed by atoms with van der Waals surface area (Å²) in [7, 11) is -9.18. The Hall–Kier alpha value is -2.40. The minimum absolute atomic E-state index is 0.163. The van der Waals surface area contributed by atoms with Gasteiger partial charge in [0, 0.05) is 28.3 Å². The molecule has 0 aliphatic heterocycles. The highest BCUT2D eigenvalue weighted by molar-refractivity contribution is 7.86. The Morgan fingerprint density at radius 2 is 1.38 bits per heavy atom. The Morgan fingerprint density at radius 1 is 0.750 bits per heavy atom. The van der Waals surface area contributed by atoms with Crippen molar-refractivity contribution in [1.82, 2.24) is 0 Å². The third kappa shape index (κ3) is 2.55. The summed E-state index contributed by atoms with van der Waals surface area (Å²) in [5, 5.41) is 0. The molecule has 0 atom stereocenters. The molecule has 1 radical (unpaired) electrons. The van der Waals surface area contributed by atoms with Gasteiger partial charge in [-0.25, -0.2) is 0 Å². The van der Waals surface area contributed by atoms with Crippen LogP contribution in [-0.2, 0) is 20.2 Å². The fourth-order valence-electron chi connectivity index (χ4n) is 2.34. The van der Waals surface area contributed by atoms with Crippen LogP contribution in [0.5, 0.6) is 0 Å². The molecule has 0 saturated carbocycles. The molecule has 2 aromatic rings. The molecule has 1 aliphatic carbocycles. The molecular weight excluding hydrogens is 360 g/mol. The van der Waals surface area contributed by atoms with Crippen LogP contribution in [0.25, 0.3) is 0 Å². The van der Waals surface area contributed by atoms with Gasteiger partial charge >= 0.3 is 0 Å². The Labute approximate surface area is 136 Å². The number of hydrogen-bond donors (Lipinski definition) is 2. The zero-order chi connectivity index (χ0) is 17.9. The Morgan fingerprint density at radius 3 is 1.96 bits per heavy atom. The van der Waals surface area contributed by atoms with E-state index in [-0.39, 0.29) is 22.3 Å². The highest BCUT2D eigenvalue weighted by Gasteiger charge is 2.32. The van der Waals surface area contributed by atoms with E-state index in [1.807, 2.05) is 0 Å². The number of benzene rings is 2. The summed E-state index contributed by atoms with van der Waals surface area (Å²) in [6.45, 7) is 0. The SMILES string of the molecule is O=C1c2[c]c(S(=O)(=O)O)ccc2C(=O)c2cc(S(=O)(=O)O)ccc21. The van der Waals surface area contributed by atoms with E-state index < -0.39 is 41.6 Å². The third-order valence-corrected chi connectivity index (χ3v) is 5.09. The van der Waals surface area contributed by atoms with Crippen LogP contribution in [0.1, 0.15) is 31.8 Å². The summed E-state index contributed by atoms with van der Waals surface area (Å²) >= 11 is 0. The van der Waals surface area contributed by atoms with E-state index in [0.29, 0.717) is 0 Å². The lowest BCUT2D eigenvalue weighted by Crippen LogP contribution is -2.22. The maximum Gasteiger partial charge on any atom is 0.295 e. The van der Waals surface area contributed by atoms with Gasteiger partial charge in [0.15, 0.2) is 11.6 Å². The number of rotatable bonds is 2. The zero-order valence-corrected chi connectivity index (χ0v) is 13.2. The number of hydrogen-bond acceptors (Lipinski definition) is 6. The van der Waals surface area contributed by atoms with E-state index >= 15 is 0 Å². The molecule has 0 spiro atoms. The zero-order valence-electron chi connectivity index (χ0n) is 11.5. The van der Waals surface area contributed by atoms with Crippen LogP contribution in [0.15, 0.2) is 40.1 Å². The van der Waals surface area contributed by atoms with Crippen LogP contribution >= 0.6 is 0 Å². The van der Waals surface area contributed by atoms with E-state index in [2.05, 4.69) is 6.07 Å². The normalized spacial score (nSPS) is 14.2. The standard InChI is InChI=1S/C14H7O8S2/c15-13-9-3-1-7(23(17,18)19)5-11(9)14(16)10-4-2-8(6-12(10)13)24(20,21)22/h1-5H,(H,17,18,19)(H,20,21,22). The van der Waals surface area contributed by atoms with Crippen molar-refractivity contribution in [2.45, 2.75) is 9.79 Å². The second-order valence-electron chi connectivity index (χ2n) is 4.93. The van der Waals surface area contributed by atoms with Gasteiger partial charge < -0.3 is 0 Å². The summed E-state index contributed by atoms with van der Waals surface area (Å²) in [4.78, 5) is 23.6. The third-order valence-electron chi connectivity index (χ3n) is 3.45. The summed E-state index contributed by atoms with van der Waals surface area (Å²) in [6, 6.07) is 6.96. The predicted molar refractivity (Wildman–Crippen MR) is 78.2 cm³/mol. The molecule has 0 bridgehead atoms. The van der Waals surface area contributed by atoms with Gasteiger partial charge in [-0.3, -0.25) is 18.7 Å². The molecule has 0 saturated heterocycles. The van der Waals surface area contributed by atoms with Gasteiger partial charge in [-0.2, -0.15) is 16.8 Å². The van der Waals surface area contributed by atoms with Crippen molar-refractivity contribution in [3.8, 4) is 0 Å². The van der Waals surface area contributed by atoms with E-state index in [4.69, 9.17) is 9.11 Å². The Kier molecular flexibility index (Phi) is 3.46. The van der Waals surface area contributed by atoms with Crippen LogP contribution in [-0.4, -0.2) is 37.5 Å². The van der Waals surface area contributed by atoms with Gasteiger partial charge in [-0.1, -0.05) is 0 Å². The second-order valence-corrected chi connectivity index (χ2v) is 7.74. The van der Waals surface area contributed by atoms with Gasteiger partial charge in [0.05, 0.1) is 4.90 Å². The molecule has 2 N–H and O–H groups in total. The molecule has 3 rings (SSSR count). The first-order valence-corrected chi connectivity index (χ1v) is 9.13. The highest BCUT2D eigenvalue weighted by Crippen LogP contribution is 2.30. The predicted octanol–water partition coefficient (Wildman–Crippen LogP) is 0.756. The average Bonchev–Trinajstić information content (AvgIpc) is 2.49. The molecular formula is C14H7O8S2. The van der Waals surface area contributed by atoms with Crippen molar-refractivity contribution in [3.63, 3.8) is 0 Å². The number of fused-ring (bicyclic) bond motifs is 2. The molecule has 0 amide bonds. The maximum atomic E-state index is 12.4. The first kappa shape index (κ1) is 16.5. The molecule has 0 heterocycles. The first-order valence-electron chi connectivity index (χ1n) is 6.25. The van der Waals surface area contributed by atoms with Crippen molar-refractivity contribution < 1.29 is 35.5 Å². The quantitative estimate of drug-likeness (QED) is 0.632. The van der Waals surface area contributed by atoms with Crippen LogP contribution in [0.4, 0.5) is 0 Å². The molecule has 0 unspecified atom stereocenters. The fourth-order valence-corrected chi connectivity index (χ4v) is 3.32. The molecule has 10 heteroatoms.